The van der Waals surface area contributed by atoms with Crippen LogP contribution in [0, 0.1) is 0 Å². The van der Waals surface area contributed by atoms with E-state index in [1.54, 1.807) is 0 Å². The van der Waals surface area contributed by atoms with Gasteiger partial charge in [-0.1, -0.05) is 326 Å². The van der Waals surface area contributed by atoms with E-state index < -0.39 is 6.10 Å². The first-order valence-electron chi connectivity index (χ1n) is 36.6. The second kappa shape index (κ2) is 70.9. The monoisotopic (exact) mass is 1150 g/mol. The summed E-state index contributed by atoms with van der Waals surface area (Å²) in [6.45, 7) is 6.65. The quantitative estimate of drug-likeness (QED) is 0.0261. The van der Waals surface area contributed by atoms with Crippen molar-refractivity contribution >= 4 is 17.9 Å². The SMILES string of the molecule is CCCCC/C=C\C/C=C\CCCCCCCC(=O)OCC(COC(=O)CCCCCCCCCCCCCCCCCCCCCCC/C=C\CCCCCCCCCC)OC(=O)CCCCCCC/C=C\CCCCCCCCC. The molecule has 0 aliphatic rings. The van der Waals surface area contributed by atoms with E-state index in [9.17, 15) is 14.4 Å². The Morgan fingerprint density at radius 1 is 0.244 bits per heavy atom. The van der Waals surface area contributed by atoms with Crippen LogP contribution in [-0.4, -0.2) is 37.2 Å². The Hall–Kier alpha value is -2.63. The summed E-state index contributed by atoms with van der Waals surface area (Å²) in [5.41, 5.74) is 0. The standard InChI is InChI=1S/C76H140O6/c1-4-7-10-13-16-19-22-25-28-30-31-32-33-34-35-36-37-38-39-40-41-42-43-44-45-46-49-51-54-57-60-63-66-69-75(78)81-72-73(71-80-74(77)68-65-62-59-56-53-50-47-27-24-21-18-15-12-9-6-3)82-76(79)70-67-64-61-58-55-52-48-29-26-23-20-17-14-11-8-5-2/h18,21,27,29-31,47-48,73H,4-17,19-20,22-26,28,32-46,49-72H2,1-3H3/b21-18-,31-30-,47-27-,48-29-. The zero-order chi connectivity index (χ0) is 59.2. The summed E-state index contributed by atoms with van der Waals surface area (Å²) in [5.74, 6) is -0.875. The van der Waals surface area contributed by atoms with Gasteiger partial charge in [0, 0.05) is 19.3 Å². The normalized spacial score (nSPS) is 12.3. The van der Waals surface area contributed by atoms with Gasteiger partial charge in [-0.15, -0.1) is 0 Å². The first-order chi connectivity index (χ1) is 40.5. The third kappa shape index (κ3) is 68.2. The molecule has 82 heavy (non-hydrogen) atoms. The smallest absolute Gasteiger partial charge is 0.306 e. The molecule has 0 aromatic carbocycles. The Balaban J connectivity index is 4.14. The largest absolute Gasteiger partial charge is 0.462 e. The Kier molecular flexibility index (Phi) is 68.6. The fourth-order valence-electron chi connectivity index (χ4n) is 11.0. The Bertz CT molecular complexity index is 1410. The third-order valence-electron chi connectivity index (χ3n) is 16.5. The van der Waals surface area contributed by atoms with Gasteiger partial charge in [0.15, 0.2) is 6.10 Å². The Morgan fingerprint density at radius 3 is 0.707 bits per heavy atom. The number of carbonyl (C=O) groups is 3. The molecule has 1 unspecified atom stereocenters. The summed E-state index contributed by atoms with van der Waals surface area (Å²) in [6.07, 6.45) is 90.2. The summed E-state index contributed by atoms with van der Waals surface area (Å²) >= 11 is 0. The first-order valence-corrected chi connectivity index (χ1v) is 36.6. The maximum absolute atomic E-state index is 12.9. The van der Waals surface area contributed by atoms with E-state index >= 15 is 0 Å². The molecular weight excluding hydrogens is 1010 g/mol. The molecule has 0 bridgehead atoms. The van der Waals surface area contributed by atoms with Gasteiger partial charge < -0.3 is 14.2 Å². The molecule has 0 saturated carbocycles. The lowest BCUT2D eigenvalue weighted by Gasteiger charge is -2.18. The van der Waals surface area contributed by atoms with Crippen LogP contribution in [-0.2, 0) is 28.6 Å². The van der Waals surface area contributed by atoms with E-state index in [1.165, 1.54) is 276 Å². The van der Waals surface area contributed by atoms with Crippen molar-refractivity contribution in [1.82, 2.24) is 0 Å². The zero-order valence-electron chi connectivity index (χ0n) is 55.3. The van der Waals surface area contributed by atoms with Crippen molar-refractivity contribution in [1.29, 1.82) is 0 Å². The predicted molar refractivity (Wildman–Crippen MR) is 358 cm³/mol. The molecule has 0 heterocycles. The molecule has 0 aromatic rings. The van der Waals surface area contributed by atoms with Gasteiger partial charge in [0.25, 0.3) is 0 Å². The molecule has 0 radical (unpaired) electrons. The van der Waals surface area contributed by atoms with Crippen molar-refractivity contribution in [3.63, 3.8) is 0 Å². The Morgan fingerprint density at radius 2 is 0.439 bits per heavy atom. The van der Waals surface area contributed by atoms with Gasteiger partial charge >= 0.3 is 17.9 Å². The highest BCUT2D eigenvalue weighted by atomic mass is 16.6. The lowest BCUT2D eigenvalue weighted by molar-refractivity contribution is -0.167. The van der Waals surface area contributed by atoms with E-state index in [1.807, 2.05) is 0 Å². The molecule has 0 aliphatic heterocycles. The van der Waals surface area contributed by atoms with Crippen molar-refractivity contribution in [2.75, 3.05) is 13.2 Å². The average molecular weight is 1150 g/mol. The van der Waals surface area contributed by atoms with Crippen LogP contribution in [0.15, 0.2) is 48.6 Å². The molecular formula is C76H140O6. The summed E-state index contributed by atoms with van der Waals surface area (Å²) in [4.78, 5) is 38.4. The van der Waals surface area contributed by atoms with Crippen LogP contribution in [0.25, 0.3) is 0 Å². The fourth-order valence-corrected chi connectivity index (χ4v) is 11.0. The van der Waals surface area contributed by atoms with Crippen LogP contribution in [0.5, 0.6) is 0 Å². The molecule has 0 amide bonds. The number of hydrogen-bond acceptors (Lipinski definition) is 6. The highest BCUT2D eigenvalue weighted by Gasteiger charge is 2.19. The molecule has 0 aliphatic carbocycles. The van der Waals surface area contributed by atoms with Gasteiger partial charge in [-0.05, 0) is 103 Å². The van der Waals surface area contributed by atoms with Gasteiger partial charge in [0.1, 0.15) is 13.2 Å². The molecule has 480 valence electrons. The van der Waals surface area contributed by atoms with Crippen LogP contribution in [0.4, 0.5) is 0 Å². The van der Waals surface area contributed by atoms with Crippen LogP contribution in [0.2, 0.25) is 0 Å². The van der Waals surface area contributed by atoms with Crippen LogP contribution >= 0.6 is 0 Å². The number of allylic oxidation sites excluding steroid dienone is 8. The summed E-state index contributed by atoms with van der Waals surface area (Å²) in [6, 6.07) is 0. The van der Waals surface area contributed by atoms with E-state index in [2.05, 4.69) is 69.4 Å². The minimum absolute atomic E-state index is 0.0770. The number of hydrogen-bond donors (Lipinski definition) is 0. The molecule has 6 nitrogen and oxygen atoms in total. The summed E-state index contributed by atoms with van der Waals surface area (Å²) in [7, 11) is 0. The number of carbonyl (C=O) groups excluding carboxylic acids is 3. The van der Waals surface area contributed by atoms with Crippen LogP contribution in [0.3, 0.4) is 0 Å². The van der Waals surface area contributed by atoms with Crippen molar-refractivity contribution in [2.45, 2.75) is 406 Å². The summed E-state index contributed by atoms with van der Waals surface area (Å²) < 4.78 is 17.0. The van der Waals surface area contributed by atoms with Gasteiger partial charge in [-0.2, -0.15) is 0 Å². The molecule has 0 spiro atoms. The van der Waals surface area contributed by atoms with Gasteiger partial charge in [0.05, 0.1) is 0 Å². The van der Waals surface area contributed by atoms with Crippen LogP contribution < -0.4 is 0 Å². The highest BCUT2D eigenvalue weighted by molar-refractivity contribution is 5.71. The number of rotatable bonds is 68. The molecule has 1 atom stereocenters. The van der Waals surface area contributed by atoms with E-state index in [-0.39, 0.29) is 31.1 Å². The topological polar surface area (TPSA) is 78.9 Å². The molecule has 0 fully saturated rings. The van der Waals surface area contributed by atoms with Crippen molar-refractivity contribution in [3.8, 4) is 0 Å². The first kappa shape index (κ1) is 79.4. The molecule has 0 N–H and O–H groups in total. The summed E-state index contributed by atoms with van der Waals surface area (Å²) in [5, 5.41) is 0. The lowest BCUT2D eigenvalue weighted by atomic mass is 10.0. The number of ether oxygens (including phenoxy) is 3. The molecule has 0 saturated heterocycles. The minimum atomic E-state index is -0.783. The maximum atomic E-state index is 12.9. The van der Waals surface area contributed by atoms with E-state index in [0.717, 1.165) is 83.5 Å². The lowest BCUT2D eigenvalue weighted by Crippen LogP contribution is -2.30. The Labute approximate surface area is 511 Å². The number of unbranched alkanes of at least 4 members (excludes halogenated alkanes) is 49. The average Bonchev–Trinajstić information content (AvgIpc) is 3.47. The van der Waals surface area contributed by atoms with Gasteiger partial charge in [0.2, 0.25) is 0 Å². The van der Waals surface area contributed by atoms with Crippen molar-refractivity contribution in [3.05, 3.63) is 48.6 Å². The van der Waals surface area contributed by atoms with Crippen molar-refractivity contribution < 1.29 is 28.6 Å². The van der Waals surface area contributed by atoms with Crippen molar-refractivity contribution in [2.24, 2.45) is 0 Å². The highest BCUT2D eigenvalue weighted by Crippen LogP contribution is 2.18. The second-order valence-corrected chi connectivity index (χ2v) is 24.8. The number of esters is 3. The van der Waals surface area contributed by atoms with Gasteiger partial charge in [-0.25, -0.2) is 0 Å². The van der Waals surface area contributed by atoms with Crippen LogP contribution in [0.1, 0.15) is 400 Å². The molecule has 0 aromatic heterocycles. The van der Waals surface area contributed by atoms with E-state index in [4.69, 9.17) is 14.2 Å². The van der Waals surface area contributed by atoms with E-state index in [0.29, 0.717) is 19.3 Å². The minimum Gasteiger partial charge on any atom is -0.462 e. The zero-order valence-corrected chi connectivity index (χ0v) is 55.3. The predicted octanol–water partition coefficient (Wildman–Crippen LogP) is 25.3. The van der Waals surface area contributed by atoms with Gasteiger partial charge in [-0.3, -0.25) is 14.4 Å². The fraction of sp³-hybridized carbons (Fsp3) is 0.855. The molecule has 0 rings (SSSR count). The maximum Gasteiger partial charge on any atom is 0.306 e. The molecule has 6 heteroatoms. The second-order valence-electron chi connectivity index (χ2n) is 24.8. The third-order valence-corrected chi connectivity index (χ3v) is 16.5.